The van der Waals surface area contributed by atoms with E-state index in [0.717, 1.165) is 11.1 Å². The summed E-state index contributed by atoms with van der Waals surface area (Å²) in [6.45, 7) is 2.21. The molecule has 162 valence electrons. The number of nitrogens with one attached hydrogen (secondary N) is 1. The van der Waals surface area contributed by atoms with Crippen molar-refractivity contribution >= 4 is 17.5 Å². The first-order chi connectivity index (χ1) is 15.7. The van der Waals surface area contributed by atoms with Crippen molar-refractivity contribution in [2.45, 2.75) is 26.2 Å². The van der Waals surface area contributed by atoms with Crippen LogP contribution in [0.25, 0.3) is 0 Å². The Morgan fingerprint density at radius 2 is 1.72 bits per heavy atom. The molecule has 0 aliphatic carbocycles. The second kappa shape index (κ2) is 10.7. The SMILES string of the molecule is O=C(NCc1cccnc1)c1coc(CN(Cc2ccccc2)Cc2cccc(Cl)c2)n1. The number of benzene rings is 2. The molecule has 0 spiro atoms. The summed E-state index contributed by atoms with van der Waals surface area (Å²) in [5.41, 5.74) is 3.44. The van der Waals surface area contributed by atoms with Gasteiger partial charge in [0.15, 0.2) is 5.69 Å². The van der Waals surface area contributed by atoms with Gasteiger partial charge in [0.1, 0.15) is 6.26 Å². The topological polar surface area (TPSA) is 71.3 Å². The quantitative estimate of drug-likeness (QED) is 0.397. The van der Waals surface area contributed by atoms with Gasteiger partial charge in [-0.25, -0.2) is 4.98 Å². The second-order valence-electron chi connectivity index (χ2n) is 7.43. The van der Waals surface area contributed by atoms with Gasteiger partial charge in [0, 0.05) is 37.1 Å². The third-order valence-electron chi connectivity index (χ3n) is 4.86. The predicted octanol–water partition coefficient (Wildman–Crippen LogP) is 4.86. The third kappa shape index (κ3) is 6.26. The summed E-state index contributed by atoms with van der Waals surface area (Å²) in [6, 6.07) is 21.7. The Labute approximate surface area is 191 Å². The van der Waals surface area contributed by atoms with Crippen LogP contribution >= 0.6 is 11.6 Å². The molecule has 4 aromatic rings. The van der Waals surface area contributed by atoms with Crippen LogP contribution in [0.5, 0.6) is 0 Å². The maximum Gasteiger partial charge on any atom is 0.273 e. The van der Waals surface area contributed by atoms with Crippen LogP contribution < -0.4 is 5.32 Å². The number of aromatic nitrogens is 2. The highest BCUT2D eigenvalue weighted by Crippen LogP contribution is 2.17. The van der Waals surface area contributed by atoms with Gasteiger partial charge in [0.2, 0.25) is 5.89 Å². The van der Waals surface area contributed by atoms with E-state index in [1.165, 1.54) is 11.8 Å². The predicted molar refractivity (Wildman–Crippen MR) is 123 cm³/mol. The molecule has 7 heteroatoms. The van der Waals surface area contributed by atoms with Crippen molar-refractivity contribution < 1.29 is 9.21 Å². The maximum absolute atomic E-state index is 12.5. The largest absolute Gasteiger partial charge is 0.447 e. The fourth-order valence-corrected chi connectivity index (χ4v) is 3.57. The molecule has 0 unspecified atom stereocenters. The smallest absolute Gasteiger partial charge is 0.273 e. The van der Waals surface area contributed by atoms with E-state index in [-0.39, 0.29) is 11.6 Å². The molecule has 1 N–H and O–H groups in total. The number of nitrogens with zero attached hydrogens (tertiary/aromatic N) is 3. The lowest BCUT2D eigenvalue weighted by atomic mass is 10.1. The molecule has 0 aliphatic rings. The number of carbonyl (C=O) groups is 1. The standard InChI is InChI=1S/C25H23ClN4O2/c26-22-10-4-8-20(12-22)16-30(15-19-6-2-1-3-7-19)17-24-29-23(18-32-24)25(31)28-14-21-9-5-11-27-13-21/h1-13,18H,14-17H2,(H,28,31). The summed E-state index contributed by atoms with van der Waals surface area (Å²) in [4.78, 5) is 23.1. The van der Waals surface area contributed by atoms with E-state index < -0.39 is 0 Å². The Hall–Kier alpha value is -3.48. The van der Waals surface area contributed by atoms with Gasteiger partial charge >= 0.3 is 0 Å². The molecule has 2 aromatic heterocycles. The molecule has 1 amide bonds. The molecule has 0 aliphatic heterocycles. The molecule has 4 rings (SSSR count). The number of halogens is 1. The molecule has 2 heterocycles. The minimum atomic E-state index is -0.284. The number of hydrogen-bond acceptors (Lipinski definition) is 5. The molecule has 0 saturated carbocycles. The van der Waals surface area contributed by atoms with Crippen LogP contribution in [0, 0.1) is 0 Å². The van der Waals surface area contributed by atoms with E-state index in [1.54, 1.807) is 12.4 Å². The zero-order chi connectivity index (χ0) is 22.2. The number of rotatable bonds is 9. The van der Waals surface area contributed by atoms with Gasteiger partial charge in [0.25, 0.3) is 5.91 Å². The lowest BCUT2D eigenvalue weighted by Gasteiger charge is -2.21. The third-order valence-corrected chi connectivity index (χ3v) is 5.10. The maximum atomic E-state index is 12.5. The minimum Gasteiger partial charge on any atom is -0.447 e. The lowest BCUT2D eigenvalue weighted by molar-refractivity contribution is 0.0945. The van der Waals surface area contributed by atoms with E-state index in [2.05, 4.69) is 32.3 Å². The molecule has 0 bridgehead atoms. The zero-order valence-corrected chi connectivity index (χ0v) is 18.2. The summed E-state index contributed by atoms with van der Waals surface area (Å²) in [7, 11) is 0. The van der Waals surface area contributed by atoms with Gasteiger partial charge in [-0.3, -0.25) is 14.7 Å². The van der Waals surface area contributed by atoms with Gasteiger partial charge in [-0.05, 0) is 34.9 Å². The molecule has 0 saturated heterocycles. The van der Waals surface area contributed by atoms with Gasteiger partial charge in [0.05, 0.1) is 6.54 Å². The second-order valence-corrected chi connectivity index (χ2v) is 7.87. The highest BCUT2D eigenvalue weighted by molar-refractivity contribution is 6.30. The minimum absolute atomic E-state index is 0.256. The normalized spacial score (nSPS) is 10.9. The Morgan fingerprint density at radius 1 is 0.938 bits per heavy atom. The van der Waals surface area contributed by atoms with Crippen molar-refractivity contribution in [3.8, 4) is 0 Å². The molecule has 6 nitrogen and oxygen atoms in total. The van der Waals surface area contributed by atoms with Crippen molar-refractivity contribution in [2.24, 2.45) is 0 Å². The Morgan fingerprint density at radius 3 is 2.50 bits per heavy atom. The number of carbonyl (C=O) groups excluding carboxylic acids is 1. The van der Waals surface area contributed by atoms with E-state index in [0.29, 0.717) is 37.1 Å². The van der Waals surface area contributed by atoms with Crippen molar-refractivity contribution in [2.75, 3.05) is 0 Å². The highest BCUT2D eigenvalue weighted by atomic mass is 35.5. The average Bonchev–Trinajstić information content (AvgIpc) is 3.27. The van der Waals surface area contributed by atoms with Gasteiger partial charge in [-0.2, -0.15) is 0 Å². The first-order valence-electron chi connectivity index (χ1n) is 10.3. The number of amides is 1. The van der Waals surface area contributed by atoms with Crippen LogP contribution in [0.15, 0.2) is 89.8 Å². The number of hydrogen-bond donors (Lipinski definition) is 1. The fourth-order valence-electron chi connectivity index (χ4n) is 3.36. The van der Waals surface area contributed by atoms with Crippen LogP contribution in [0.3, 0.4) is 0 Å². The number of oxazole rings is 1. The molecular weight excluding hydrogens is 424 g/mol. The van der Waals surface area contributed by atoms with Crippen LogP contribution in [-0.2, 0) is 26.2 Å². The van der Waals surface area contributed by atoms with Gasteiger partial charge in [-0.15, -0.1) is 0 Å². The van der Waals surface area contributed by atoms with E-state index in [9.17, 15) is 4.79 Å². The Balaban J connectivity index is 1.43. The molecule has 32 heavy (non-hydrogen) atoms. The lowest BCUT2D eigenvalue weighted by Crippen LogP contribution is -2.24. The van der Waals surface area contributed by atoms with Crippen molar-refractivity contribution in [3.63, 3.8) is 0 Å². The highest BCUT2D eigenvalue weighted by Gasteiger charge is 2.16. The van der Waals surface area contributed by atoms with Crippen molar-refractivity contribution in [1.82, 2.24) is 20.2 Å². The van der Waals surface area contributed by atoms with Gasteiger partial charge in [-0.1, -0.05) is 60.1 Å². The molecule has 0 fully saturated rings. The first-order valence-corrected chi connectivity index (χ1v) is 10.7. The molecular formula is C25H23ClN4O2. The van der Waals surface area contributed by atoms with Crippen molar-refractivity contribution in [1.29, 1.82) is 0 Å². The molecule has 0 atom stereocenters. The fraction of sp³-hybridized carbons (Fsp3) is 0.160. The summed E-state index contributed by atoms with van der Waals surface area (Å²) in [5.74, 6) is 0.197. The Kier molecular flexibility index (Phi) is 7.27. The molecule has 2 aromatic carbocycles. The summed E-state index contributed by atoms with van der Waals surface area (Å²) >= 11 is 6.16. The van der Waals surface area contributed by atoms with Crippen LogP contribution in [0.1, 0.15) is 33.1 Å². The first kappa shape index (κ1) is 21.7. The Bertz CT molecular complexity index is 1150. The van der Waals surface area contributed by atoms with Crippen molar-refractivity contribution in [3.05, 3.63) is 119 Å². The zero-order valence-electron chi connectivity index (χ0n) is 17.4. The molecule has 0 radical (unpaired) electrons. The van der Waals surface area contributed by atoms with Gasteiger partial charge < -0.3 is 9.73 Å². The number of pyridine rings is 1. The van der Waals surface area contributed by atoms with E-state index >= 15 is 0 Å². The van der Waals surface area contributed by atoms with Crippen LogP contribution in [-0.4, -0.2) is 20.8 Å². The summed E-state index contributed by atoms with van der Waals surface area (Å²) in [6.07, 6.45) is 4.81. The van der Waals surface area contributed by atoms with Crippen LogP contribution in [0.2, 0.25) is 5.02 Å². The van der Waals surface area contributed by atoms with E-state index in [4.69, 9.17) is 16.0 Å². The average molecular weight is 447 g/mol. The van der Waals surface area contributed by atoms with E-state index in [1.807, 2.05) is 54.6 Å². The summed E-state index contributed by atoms with van der Waals surface area (Å²) in [5, 5.41) is 3.54. The monoisotopic (exact) mass is 446 g/mol. The van der Waals surface area contributed by atoms with Crippen LogP contribution in [0.4, 0.5) is 0 Å². The summed E-state index contributed by atoms with van der Waals surface area (Å²) < 4.78 is 5.62.